The highest BCUT2D eigenvalue weighted by atomic mass is 35.5. The van der Waals surface area contributed by atoms with Gasteiger partial charge >= 0.3 is 0 Å². The fraction of sp³-hybridized carbons (Fsp3) is 0.250. The van der Waals surface area contributed by atoms with Crippen molar-refractivity contribution in [3.63, 3.8) is 0 Å². The standard InChI is InChI=1S/C40H31ClFN3O8/c1-40-30(37(48)44(39(40)50)23-10-15-32(42)31(41)17-23)19-29-26(35(40)27-12-11-25(18-33(27)46)53-20-21-6-3-2-4-7-21)13-14-28-34(29)38(49)43(36(28)47)22-8-5-9-24(16-22)45(51)52/h2-13,15-18,28-30,34-35,46H,14,19-20H2,1H3/t28-,29+,30-,34-,35+,40+/m0/s1. The molecule has 11 nitrogen and oxygen atoms in total. The number of ether oxygens (including phenoxy) is 1. The average molecular weight is 736 g/mol. The van der Waals surface area contributed by atoms with E-state index in [-0.39, 0.29) is 47.3 Å². The van der Waals surface area contributed by atoms with Gasteiger partial charge in [0.2, 0.25) is 23.6 Å². The first-order chi connectivity index (χ1) is 25.4. The third kappa shape index (κ3) is 5.30. The van der Waals surface area contributed by atoms with Crippen LogP contribution in [0.2, 0.25) is 5.02 Å². The van der Waals surface area contributed by atoms with Gasteiger partial charge in [-0.2, -0.15) is 0 Å². The number of hydrogen-bond acceptors (Lipinski definition) is 8. The highest BCUT2D eigenvalue weighted by molar-refractivity contribution is 6.32. The first-order valence-corrected chi connectivity index (χ1v) is 17.4. The Labute approximate surface area is 307 Å². The number of nitrogens with zero attached hydrogens (tertiary/aromatic N) is 3. The molecule has 0 spiro atoms. The molecule has 13 heteroatoms. The lowest BCUT2D eigenvalue weighted by molar-refractivity contribution is -0.384. The summed E-state index contributed by atoms with van der Waals surface area (Å²) in [6, 6.07) is 23.1. The van der Waals surface area contributed by atoms with Crippen molar-refractivity contribution in [1.82, 2.24) is 0 Å². The molecule has 268 valence electrons. The molecule has 2 aliphatic heterocycles. The summed E-state index contributed by atoms with van der Waals surface area (Å²) in [5.41, 5.74) is 0.239. The second kappa shape index (κ2) is 12.7. The minimum absolute atomic E-state index is 0.0246. The molecule has 2 aliphatic carbocycles. The fourth-order valence-electron chi connectivity index (χ4n) is 8.83. The molecular formula is C40H31ClFN3O8. The van der Waals surface area contributed by atoms with Crippen molar-refractivity contribution < 1.29 is 38.3 Å². The lowest BCUT2D eigenvalue weighted by Gasteiger charge is -2.49. The maximum atomic E-state index is 14.7. The number of non-ortho nitro benzene ring substituents is 1. The SMILES string of the molecule is C[C@@]12C(=O)N(c3ccc(F)c(Cl)c3)C(=O)[C@@H]1C[C@@H]1C(=CC[C@@H]3C(=O)N(c4cccc([N+](=O)[O-])c4)C(=O)[C@@H]31)[C@@H]2c1ccc(OCc2ccccc2)cc1O. The average Bonchev–Trinajstić information content (AvgIpc) is 3.52. The maximum Gasteiger partial charge on any atom is 0.271 e. The number of carbonyl (C=O) groups is 4. The van der Waals surface area contributed by atoms with E-state index in [1.165, 1.54) is 42.5 Å². The first-order valence-electron chi connectivity index (χ1n) is 17.1. The van der Waals surface area contributed by atoms with E-state index in [1.807, 2.05) is 36.4 Å². The van der Waals surface area contributed by atoms with Crippen LogP contribution in [0.5, 0.6) is 11.5 Å². The van der Waals surface area contributed by atoms with Crippen molar-refractivity contribution in [3.8, 4) is 11.5 Å². The minimum Gasteiger partial charge on any atom is -0.508 e. The number of benzene rings is 4. The number of amides is 4. The summed E-state index contributed by atoms with van der Waals surface area (Å²) in [5.74, 6) is -7.22. The molecule has 4 aromatic rings. The van der Waals surface area contributed by atoms with Gasteiger partial charge in [0.25, 0.3) is 5.69 Å². The summed E-state index contributed by atoms with van der Waals surface area (Å²) in [4.78, 5) is 70.2. The second-order valence-corrected chi connectivity index (χ2v) is 14.5. The van der Waals surface area contributed by atoms with Crippen LogP contribution in [0, 0.1) is 45.0 Å². The highest BCUT2D eigenvalue weighted by Gasteiger charge is 2.68. The van der Waals surface area contributed by atoms with Gasteiger partial charge in [-0.25, -0.2) is 14.2 Å². The Morgan fingerprint density at radius 1 is 0.906 bits per heavy atom. The van der Waals surface area contributed by atoms with Crippen molar-refractivity contribution in [2.24, 2.45) is 29.1 Å². The zero-order chi connectivity index (χ0) is 37.3. The van der Waals surface area contributed by atoms with Gasteiger partial charge in [0.05, 0.1) is 44.5 Å². The molecule has 0 bridgehead atoms. The third-order valence-electron chi connectivity index (χ3n) is 11.3. The summed E-state index contributed by atoms with van der Waals surface area (Å²) < 4.78 is 20.2. The number of carbonyl (C=O) groups excluding carboxylic acids is 4. The van der Waals surface area contributed by atoms with Crippen LogP contribution in [0.25, 0.3) is 0 Å². The molecule has 53 heavy (non-hydrogen) atoms. The van der Waals surface area contributed by atoms with E-state index in [9.17, 15) is 38.8 Å². The molecule has 6 atom stereocenters. The zero-order valence-electron chi connectivity index (χ0n) is 28.1. The zero-order valence-corrected chi connectivity index (χ0v) is 28.9. The molecule has 2 saturated heterocycles. The molecule has 0 aromatic heterocycles. The molecule has 4 aromatic carbocycles. The summed E-state index contributed by atoms with van der Waals surface area (Å²) >= 11 is 6.09. The Bertz CT molecular complexity index is 2280. The van der Waals surface area contributed by atoms with Crippen LogP contribution in [0.1, 0.15) is 36.8 Å². The van der Waals surface area contributed by atoms with Crippen LogP contribution in [0.15, 0.2) is 103 Å². The quantitative estimate of drug-likeness (QED) is 0.0915. The van der Waals surface area contributed by atoms with Gasteiger partial charge in [-0.3, -0.25) is 29.3 Å². The molecule has 4 aliphatic rings. The molecule has 0 radical (unpaired) electrons. The molecule has 1 N–H and O–H groups in total. The van der Waals surface area contributed by atoms with Crippen molar-refractivity contribution in [2.75, 3.05) is 9.80 Å². The molecule has 0 unspecified atom stereocenters. The summed E-state index contributed by atoms with van der Waals surface area (Å²) in [6.45, 7) is 1.89. The predicted molar refractivity (Wildman–Crippen MR) is 190 cm³/mol. The largest absolute Gasteiger partial charge is 0.508 e. The van der Waals surface area contributed by atoms with Crippen molar-refractivity contribution >= 4 is 52.3 Å². The number of fused-ring (bicyclic) bond motifs is 4. The number of rotatable bonds is 7. The van der Waals surface area contributed by atoms with Gasteiger partial charge in [0.15, 0.2) is 0 Å². The summed E-state index contributed by atoms with van der Waals surface area (Å²) in [7, 11) is 0. The van der Waals surface area contributed by atoms with Crippen molar-refractivity contribution in [2.45, 2.75) is 32.3 Å². The van der Waals surface area contributed by atoms with Gasteiger partial charge in [-0.05, 0) is 61.6 Å². The Kier molecular flexibility index (Phi) is 8.17. The number of hydrogen-bond donors (Lipinski definition) is 1. The number of phenolic OH excluding ortho intramolecular Hbond substituents is 1. The van der Waals surface area contributed by atoms with Gasteiger partial charge < -0.3 is 9.84 Å². The highest BCUT2D eigenvalue weighted by Crippen LogP contribution is 2.64. The van der Waals surface area contributed by atoms with Crippen molar-refractivity contribution in [1.29, 1.82) is 0 Å². The predicted octanol–water partition coefficient (Wildman–Crippen LogP) is 7.11. The van der Waals surface area contributed by atoms with Crippen LogP contribution < -0.4 is 14.5 Å². The monoisotopic (exact) mass is 735 g/mol. The van der Waals surface area contributed by atoms with Crippen LogP contribution in [0.4, 0.5) is 21.5 Å². The van der Waals surface area contributed by atoms with Gasteiger partial charge in [0.1, 0.15) is 23.9 Å². The van der Waals surface area contributed by atoms with Crippen LogP contribution in [-0.2, 0) is 25.8 Å². The Morgan fingerprint density at radius 3 is 2.38 bits per heavy atom. The van der Waals surface area contributed by atoms with E-state index in [1.54, 1.807) is 19.1 Å². The normalized spacial score (nSPS) is 26.2. The van der Waals surface area contributed by atoms with Crippen LogP contribution in [0.3, 0.4) is 0 Å². The molecule has 1 saturated carbocycles. The number of allylic oxidation sites excluding steroid dienone is 2. The Balaban J connectivity index is 1.22. The number of imide groups is 2. The molecule has 8 rings (SSSR count). The first kappa shape index (κ1) is 34.2. The van der Waals surface area contributed by atoms with E-state index in [0.717, 1.165) is 21.4 Å². The summed E-state index contributed by atoms with van der Waals surface area (Å²) in [6.07, 6.45) is 1.98. The maximum absolute atomic E-state index is 14.7. The molecule has 3 fully saturated rings. The number of nitro benzene ring substituents is 1. The second-order valence-electron chi connectivity index (χ2n) is 14.0. The number of aromatic hydroxyl groups is 1. The van der Waals surface area contributed by atoms with Crippen LogP contribution >= 0.6 is 11.6 Å². The Hall–Kier alpha value is -5.88. The number of phenols is 1. The van der Waals surface area contributed by atoms with E-state index in [2.05, 4.69) is 0 Å². The molecular weight excluding hydrogens is 705 g/mol. The molecule has 2 heterocycles. The third-order valence-corrected chi connectivity index (χ3v) is 11.6. The fourth-order valence-corrected chi connectivity index (χ4v) is 9.00. The number of nitro groups is 1. The van der Waals surface area contributed by atoms with E-state index in [4.69, 9.17) is 16.3 Å². The van der Waals surface area contributed by atoms with E-state index < -0.39 is 69.4 Å². The lowest BCUT2D eigenvalue weighted by atomic mass is 9.51. The van der Waals surface area contributed by atoms with Gasteiger partial charge in [-0.1, -0.05) is 65.7 Å². The molecule has 4 amide bonds. The van der Waals surface area contributed by atoms with Crippen molar-refractivity contribution in [3.05, 3.63) is 135 Å². The Morgan fingerprint density at radius 2 is 1.66 bits per heavy atom. The van der Waals surface area contributed by atoms with Gasteiger partial charge in [0, 0.05) is 29.7 Å². The number of anilines is 2. The minimum atomic E-state index is -1.48. The topological polar surface area (TPSA) is 147 Å². The lowest BCUT2D eigenvalue weighted by Crippen LogP contribution is -2.48. The smallest absolute Gasteiger partial charge is 0.271 e. The van der Waals surface area contributed by atoms with Gasteiger partial charge in [-0.15, -0.1) is 0 Å². The van der Waals surface area contributed by atoms with Crippen LogP contribution in [-0.4, -0.2) is 33.7 Å². The number of halogens is 2. The summed E-state index contributed by atoms with van der Waals surface area (Å²) in [5, 5.41) is 22.9. The van der Waals surface area contributed by atoms with E-state index in [0.29, 0.717) is 16.9 Å². The van der Waals surface area contributed by atoms with E-state index >= 15 is 0 Å².